The first-order valence-electron chi connectivity index (χ1n) is 9.74. The number of amides is 2. The zero-order valence-electron chi connectivity index (χ0n) is 16.9. The molecule has 1 aliphatic carbocycles. The zero-order valence-corrected chi connectivity index (χ0v) is 18.5. The van der Waals surface area contributed by atoms with Gasteiger partial charge >= 0.3 is 5.97 Å². The Kier molecular flexibility index (Phi) is 5.85. The lowest BCUT2D eigenvalue weighted by molar-refractivity contribution is -0.255. The Morgan fingerprint density at radius 3 is 2.81 bits per heavy atom. The summed E-state index contributed by atoms with van der Waals surface area (Å²) in [4.78, 5) is 56.0. The fourth-order valence-electron chi connectivity index (χ4n) is 3.89. The second-order valence-electron chi connectivity index (χ2n) is 7.55. The topological polar surface area (TPSA) is 117 Å². The van der Waals surface area contributed by atoms with E-state index < -0.39 is 29.0 Å². The van der Waals surface area contributed by atoms with Gasteiger partial charge in [-0.2, -0.15) is 0 Å². The van der Waals surface area contributed by atoms with Crippen LogP contribution < -0.4 is 10.0 Å². The van der Waals surface area contributed by atoms with E-state index in [1.807, 2.05) is 0 Å². The standard InChI is InChI=1S/C21H20N2O6S2/c1-10-5-6-11-13(8-10)31-19(16(11)21(28)29-2)23-15(24)9-14(18(23)25)30-17-12(20(26)27)4-3-7-22-17/h3-4,7,10,14H,5-6,8-9H2,1-2H3,(H,26,27)/p-1/t10-,14-/m1/s1. The number of rotatable bonds is 5. The van der Waals surface area contributed by atoms with E-state index in [4.69, 9.17) is 4.74 Å². The third-order valence-electron chi connectivity index (χ3n) is 5.44. The molecule has 0 spiro atoms. The predicted octanol–water partition coefficient (Wildman–Crippen LogP) is 1.84. The quantitative estimate of drug-likeness (QED) is 0.491. The number of fused-ring (bicyclic) bond motifs is 1. The van der Waals surface area contributed by atoms with Gasteiger partial charge in [0.25, 0.3) is 0 Å². The molecule has 1 fully saturated rings. The number of carboxylic acid groups (broad SMARTS) is 1. The Hall–Kier alpha value is -2.72. The number of methoxy groups -OCH3 is 1. The number of nitrogens with zero attached hydrogens (tertiary/aromatic N) is 2. The maximum absolute atomic E-state index is 13.2. The van der Waals surface area contributed by atoms with Gasteiger partial charge in [-0.05, 0) is 42.9 Å². The van der Waals surface area contributed by atoms with Crippen LogP contribution in [0.4, 0.5) is 5.00 Å². The molecular formula is C21H19N2O6S2-. The van der Waals surface area contributed by atoms with Crippen molar-refractivity contribution in [2.24, 2.45) is 5.92 Å². The van der Waals surface area contributed by atoms with Crippen LogP contribution >= 0.6 is 23.1 Å². The summed E-state index contributed by atoms with van der Waals surface area (Å²) >= 11 is 2.20. The number of aromatic nitrogens is 1. The van der Waals surface area contributed by atoms with Crippen LogP contribution in [0.3, 0.4) is 0 Å². The second-order valence-corrected chi connectivity index (χ2v) is 9.82. The van der Waals surface area contributed by atoms with Crippen molar-refractivity contribution in [3.05, 3.63) is 39.9 Å². The Morgan fingerprint density at radius 1 is 1.32 bits per heavy atom. The van der Waals surface area contributed by atoms with Crippen molar-refractivity contribution < 1.29 is 29.0 Å². The molecule has 2 aromatic rings. The molecule has 2 atom stereocenters. The van der Waals surface area contributed by atoms with Gasteiger partial charge in [-0.1, -0.05) is 18.7 Å². The van der Waals surface area contributed by atoms with Crippen LogP contribution in [-0.4, -0.2) is 41.1 Å². The summed E-state index contributed by atoms with van der Waals surface area (Å²) in [6, 6.07) is 2.80. The van der Waals surface area contributed by atoms with E-state index in [2.05, 4.69) is 11.9 Å². The number of anilines is 1. The van der Waals surface area contributed by atoms with Crippen molar-refractivity contribution in [1.29, 1.82) is 0 Å². The molecule has 1 saturated heterocycles. The van der Waals surface area contributed by atoms with E-state index in [1.54, 1.807) is 0 Å². The van der Waals surface area contributed by atoms with E-state index in [9.17, 15) is 24.3 Å². The van der Waals surface area contributed by atoms with Crippen LogP contribution in [0.2, 0.25) is 0 Å². The summed E-state index contributed by atoms with van der Waals surface area (Å²) in [5.74, 6) is -2.46. The minimum atomic E-state index is -1.41. The SMILES string of the molecule is COC(=O)c1c(N2C(=O)C[C@@H](Sc3ncccc3C(=O)[O-])C2=O)sc2c1CC[C@@H](C)C2. The molecule has 2 aliphatic rings. The molecule has 8 nitrogen and oxygen atoms in total. The molecule has 0 saturated carbocycles. The van der Waals surface area contributed by atoms with Crippen molar-refractivity contribution in [2.75, 3.05) is 12.0 Å². The van der Waals surface area contributed by atoms with Gasteiger partial charge in [-0.3, -0.25) is 9.59 Å². The molecule has 1 aliphatic heterocycles. The second kappa shape index (κ2) is 8.43. The lowest BCUT2D eigenvalue weighted by Gasteiger charge is -2.18. The number of pyridine rings is 1. The highest BCUT2D eigenvalue weighted by molar-refractivity contribution is 8.00. The number of hydrogen-bond donors (Lipinski definition) is 0. The first-order valence-corrected chi connectivity index (χ1v) is 11.4. The summed E-state index contributed by atoms with van der Waals surface area (Å²) < 4.78 is 4.95. The van der Waals surface area contributed by atoms with Crippen molar-refractivity contribution in [2.45, 2.75) is 42.9 Å². The summed E-state index contributed by atoms with van der Waals surface area (Å²) in [6.07, 6.45) is 3.68. The summed E-state index contributed by atoms with van der Waals surface area (Å²) in [7, 11) is 1.27. The average Bonchev–Trinajstić information content (AvgIpc) is 3.23. The molecule has 0 unspecified atom stereocenters. The first kappa shape index (κ1) is 21.5. The molecule has 0 N–H and O–H groups in total. The summed E-state index contributed by atoms with van der Waals surface area (Å²) in [5, 5.41) is 10.9. The fourth-order valence-corrected chi connectivity index (χ4v) is 6.51. The van der Waals surface area contributed by atoms with Gasteiger partial charge in [0.1, 0.15) is 10.0 Å². The van der Waals surface area contributed by atoms with Crippen molar-refractivity contribution in [3.8, 4) is 0 Å². The van der Waals surface area contributed by atoms with Crippen LogP contribution in [0.5, 0.6) is 0 Å². The molecule has 31 heavy (non-hydrogen) atoms. The van der Waals surface area contributed by atoms with Gasteiger partial charge in [0.2, 0.25) is 11.8 Å². The zero-order chi connectivity index (χ0) is 22.3. The maximum Gasteiger partial charge on any atom is 0.341 e. The molecule has 0 bridgehead atoms. The third-order valence-corrected chi connectivity index (χ3v) is 7.88. The number of thiophene rings is 1. The van der Waals surface area contributed by atoms with Gasteiger partial charge in [-0.25, -0.2) is 14.7 Å². The first-order chi connectivity index (χ1) is 14.8. The Morgan fingerprint density at radius 2 is 2.10 bits per heavy atom. The minimum Gasteiger partial charge on any atom is -0.545 e. The number of ether oxygens (including phenoxy) is 1. The maximum atomic E-state index is 13.2. The fraction of sp³-hybridized carbons (Fsp3) is 0.381. The number of carboxylic acids is 1. The van der Waals surface area contributed by atoms with Gasteiger partial charge in [-0.15, -0.1) is 11.3 Å². The van der Waals surface area contributed by atoms with E-state index in [1.165, 1.54) is 36.8 Å². The molecule has 10 heteroatoms. The number of carbonyl (C=O) groups excluding carboxylic acids is 4. The summed E-state index contributed by atoms with van der Waals surface area (Å²) in [6.45, 7) is 2.13. The number of carbonyl (C=O) groups is 4. The van der Waals surface area contributed by atoms with Gasteiger partial charge in [0.05, 0.1) is 23.9 Å². The van der Waals surface area contributed by atoms with Crippen molar-refractivity contribution in [3.63, 3.8) is 0 Å². The lowest BCUT2D eigenvalue weighted by atomic mass is 9.88. The molecule has 3 heterocycles. The van der Waals surface area contributed by atoms with Crippen molar-refractivity contribution in [1.82, 2.24) is 4.98 Å². The highest BCUT2D eigenvalue weighted by Gasteiger charge is 2.44. The van der Waals surface area contributed by atoms with E-state index in [-0.39, 0.29) is 22.6 Å². The van der Waals surface area contributed by atoms with Gasteiger partial charge in [0, 0.05) is 23.1 Å². The number of aromatic carboxylic acids is 1. The number of esters is 1. The number of thioether (sulfide) groups is 1. The van der Waals surface area contributed by atoms with Crippen LogP contribution in [0.15, 0.2) is 23.4 Å². The Bertz CT molecular complexity index is 1100. The lowest BCUT2D eigenvalue weighted by Crippen LogP contribution is -2.32. The Labute approximate surface area is 186 Å². The molecule has 162 valence electrons. The monoisotopic (exact) mass is 459 g/mol. The number of imide groups is 1. The van der Waals surface area contributed by atoms with Gasteiger partial charge < -0.3 is 14.6 Å². The minimum absolute atomic E-state index is 0.114. The average molecular weight is 460 g/mol. The van der Waals surface area contributed by atoms with Crippen LogP contribution in [0.1, 0.15) is 50.9 Å². The Balaban J connectivity index is 1.69. The molecule has 4 rings (SSSR count). The molecule has 0 aromatic carbocycles. The third kappa shape index (κ3) is 3.85. The molecular weight excluding hydrogens is 440 g/mol. The predicted molar refractivity (Wildman–Crippen MR) is 112 cm³/mol. The van der Waals surface area contributed by atoms with Crippen molar-refractivity contribution >= 4 is 51.9 Å². The number of hydrogen-bond acceptors (Lipinski definition) is 9. The smallest absolute Gasteiger partial charge is 0.341 e. The van der Waals surface area contributed by atoms with Crippen LogP contribution in [0, 0.1) is 5.92 Å². The van der Waals surface area contributed by atoms with Crippen LogP contribution in [0.25, 0.3) is 0 Å². The highest BCUT2D eigenvalue weighted by atomic mass is 32.2. The van der Waals surface area contributed by atoms with Gasteiger partial charge in [0.15, 0.2) is 0 Å². The summed E-state index contributed by atoms with van der Waals surface area (Å²) in [5.41, 5.74) is 1.00. The largest absolute Gasteiger partial charge is 0.545 e. The normalized spacial score (nSPS) is 20.6. The van der Waals surface area contributed by atoms with Crippen LogP contribution in [-0.2, 0) is 27.2 Å². The highest BCUT2D eigenvalue weighted by Crippen LogP contribution is 2.44. The molecule has 2 amide bonds. The van der Waals surface area contributed by atoms with E-state index >= 15 is 0 Å². The van der Waals surface area contributed by atoms with E-state index in [0.29, 0.717) is 17.3 Å². The molecule has 0 radical (unpaired) electrons. The molecule has 2 aromatic heterocycles. The van der Waals surface area contributed by atoms with E-state index in [0.717, 1.165) is 39.9 Å².